The molecule has 0 aliphatic rings. The summed E-state index contributed by atoms with van der Waals surface area (Å²) in [6.07, 6.45) is 2.65. The van der Waals surface area contributed by atoms with Gasteiger partial charge in [0.05, 0.1) is 12.2 Å². The lowest BCUT2D eigenvalue weighted by Crippen LogP contribution is -2.04. The lowest BCUT2D eigenvalue weighted by Gasteiger charge is -2.08. The quantitative estimate of drug-likeness (QED) is 0.757. The maximum atomic E-state index is 11.3. The summed E-state index contributed by atoms with van der Waals surface area (Å²) in [4.78, 5) is 11.3. The van der Waals surface area contributed by atoms with Crippen LogP contribution in [0.15, 0.2) is 30.5 Å². The molecule has 0 radical (unpaired) electrons. The summed E-state index contributed by atoms with van der Waals surface area (Å²) in [5.74, 6) is 1.23. The molecule has 0 bridgehead atoms. The molecule has 1 heterocycles. The van der Waals surface area contributed by atoms with Crippen LogP contribution in [0.4, 0.5) is 0 Å². The molecule has 0 fully saturated rings. The Hall–Kier alpha value is -2.10. The number of carbonyl (C=O) groups excluding carboxylic acids is 1. The minimum Gasteiger partial charge on any atom is -0.493 e. The summed E-state index contributed by atoms with van der Waals surface area (Å²) in [6.45, 7) is 7.55. The van der Waals surface area contributed by atoms with Crippen LogP contribution in [0.1, 0.15) is 31.1 Å². The topological polar surface area (TPSA) is 44.1 Å². The van der Waals surface area contributed by atoms with E-state index in [0.717, 1.165) is 24.1 Å². The number of rotatable bonds is 6. The third kappa shape index (κ3) is 3.07. The standard InChI is InChI=1S/C16H20N2O2/c1-4-20-15-8-6-5-7-14(15)16-13(11-19)10-18(17-16)9-12(2)3/h5-8,10-12H,4,9H2,1-3H3. The maximum absolute atomic E-state index is 11.3. The molecule has 2 rings (SSSR count). The summed E-state index contributed by atoms with van der Waals surface area (Å²) in [7, 11) is 0. The highest BCUT2D eigenvalue weighted by Gasteiger charge is 2.15. The smallest absolute Gasteiger partial charge is 0.153 e. The zero-order valence-corrected chi connectivity index (χ0v) is 12.2. The Morgan fingerprint density at radius 2 is 2.10 bits per heavy atom. The molecule has 1 aromatic carbocycles. The molecule has 0 aliphatic heterocycles. The van der Waals surface area contributed by atoms with Gasteiger partial charge in [-0.15, -0.1) is 0 Å². The van der Waals surface area contributed by atoms with Crippen molar-refractivity contribution in [3.63, 3.8) is 0 Å². The largest absolute Gasteiger partial charge is 0.493 e. The maximum Gasteiger partial charge on any atom is 0.153 e. The molecule has 0 N–H and O–H groups in total. The van der Waals surface area contributed by atoms with Gasteiger partial charge in [0.15, 0.2) is 6.29 Å². The average Bonchev–Trinajstić information content (AvgIpc) is 2.81. The lowest BCUT2D eigenvalue weighted by atomic mass is 10.1. The molecular weight excluding hydrogens is 252 g/mol. The number of ether oxygens (including phenoxy) is 1. The van der Waals surface area contributed by atoms with Crippen LogP contribution in [0.25, 0.3) is 11.3 Å². The minimum absolute atomic E-state index is 0.476. The van der Waals surface area contributed by atoms with Gasteiger partial charge in [-0.1, -0.05) is 26.0 Å². The number of hydrogen-bond acceptors (Lipinski definition) is 3. The van der Waals surface area contributed by atoms with E-state index in [0.29, 0.717) is 23.8 Å². The Morgan fingerprint density at radius 3 is 2.75 bits per heavy atom. The van der Waals surface area contributed by atoms with Crippen molar-refractivity contribution in [2.24, 2.45) is 5.92 Å². The Bertz CT molecular complexity index is 588. The van der Waals surface area contributed by atoms with E-state index in [2.05, 4.69) is 18.9 Å². The first kappa shape index (κ1) is 14.3. The summed E-state index contributed by atoms with van der Waals surface area (Å²) >= 11 is 0. The molecule has 1 aromatic heterocycles. The molecule has 0 aliphatic carbocycles. The van der Waals surface area contributed by atoms with E-state index >= 15 is 0 Å². The van der Waals surface area contributed by atoms with Crippen LogP contribution in [0.5, 0.6) is 5.75 Å². The van der Waals surface area contributed by atoms with E-state index in [9.17, 15) is 4.79 Å². The van der Waals surface area contributed by atoms with E-state index < -0.39 is 0 Å². The minimum atomic E-state index is 0.476. The third-order valence-corrected chi connectivity index (χ3v) is 2.91. The van der Waals surface area contributed by atoms with Crippen LogP contribution >= 0.6 is 0 Å². The summed E-state index contributed by atoms with van der Waals surface area (Å²) in [5.41, 5.74) is 2.14. The van der Waals surface area contributed by atoms with Crippen molar-refractivity contribution in [3.8, 4) is 17.0 Å². The Labute approximate surface area is 119 Å². The molecule has 0 amide bonds. The van der Waals surface area contributed by atoms with Gasteiger partial charge in [-0.25, -0.2) is 0 Å². The molecule has 20 heavy (non-hydrogen) atoms. The fourth-order valence-electron chi connectivity index (χ4n) is 2.14. The van der Waals surface area contributed by atoms with Crippen molar-refractivity contribution in [1.29, 1.82) is 0 Å². The van der Waals surface area contributed by atoms with Crippen molar-refractivity contribution in [1.82, 2.24) is 9.78 Å². The highest BCUT2D eigenvalue weighted by molar-refractivity contribution is 5.87. The normalized spacial score (nSPS) is 10.8. The fraction of sp³-hybridized carbons (Fsp3) is 0.375. The number of nitrogens with zero attached hydrogens (tertiary/aromatic N) is 2. The number of aromatic nitrogens is 2. The summed E-state index contributed by atoms with van der Waals surface area (Å²) in [6, 6.07) is 7.67. The number of carbonyl (C=O) groups is 1. The Balaban J connectivity index is 2.46. The Kier molecular flexibility index (Phi) is 4.56. The van der Waals surface area contributed by atoms with Crippen molar-refractivity contribution in [2.75, 3.05) is 6.61 Å². The first-order valence-electron chi connectivity index (χ1n) is 6.90. The molecule has 4 nitrogen and oxygen atoms in total. The van der Waals surface area contributed by atoms with E-state index in [1.54, 1.807) is 6.20 Å². The number of benzene rings is 1. The first-order valence-corrected chi connectivity index (χ1v) is 6.90. The molecule has 0 spiro atoms. The van der Waals surface area contributed by atoms with Crippen LogP contribution < -0.4 is 4.74 Å². The zero-order valence-electron chi connectivity index (χ0n) is 12.2. The predicted molar refractivity (Wildman–Crippen MR) is 79.1 cm³/mol. The van der Waals surface area contributed by atoms with Gasteiger partial charge in [-0.05, 0) is 25.0 Å². The molecule has 4 heteroatoms. The second kappa shape index (κ2) is 6.37. The molecule has 0 atom stereocenters. The molecule has 0 unspecified atom stereocenters. The van der Waals surface area contributed by atoms with Gasteiger partial charge >= 0.3 is 0 Å². The summed E-state index contributed by atoms with van der Waals surface area (Å²) < 4.78 is 7.44. The van der Waals surface area contributed by atoms with Crippen LogP contribution in [-0.2, 0) is 6.54 Å². The van der Waals surface area contributed by atoms with Crippen molar-refractivity contribution in [3.05, 3.63) is 36.0 Å². The van der Waals surface area contributed by atoms with Gasteiger partial charge in [0.25, 0.3) is 0 Å². The average molecular weight is 272 g/mol. The SMILES string of the molecule is CCOc1ccccc1-c1nn(CC(C)C)cc1C=O. The molecule has 0 saturated heterocycles. The molecule has 2 aromatic rings. The third-order valence-electron chi connectivity index (χ3n) is 2.91. The Morgan fingerprint density at radius 1 is 1.35 bits per heavy atom. The second-order valence-electron chi connectivity index (χ2n) is 5.10. The lowest BCUT2D eigenvalue weighted by molar-refractivity contribution is 0.112. The van der Waals surface area contributed by atoms with E-state index in [4.69, 9.17) is 4.74 Å². The van der Waals surface area contributed by atoms with Gasteiger partial charge in [0.1, 0.15) is 11.4 Å². The molecule has 106 valence electrons. The number of hydrogen-bond donors (Lipinski definition) is 0. The van der Waals surface area contributed by atoms with E-state index in [1.807, 2.05) is 35.9 Å². The first-order chi connectivity index (χ1) is 9.65. The van der Waals surface area contributed by atoms with Crippen LogP contribution in [-0.4, -0.2) is 22.7 Å². The molecular formula is C16H20N2O2. The van der Waals surface area contributed by atoms with Gasteiger partial charge < -0.3 is 4.74 Å². The van der Waals surface area contributed by atoms with Gasteiger partial charge in [-0.2, -0.15) is 5.10 Å². The predicted octanol–water partition coefficient (Wildman–Crippen LogP) is 3.42. The second-order valence-corrected chi connectivity index (χ2v) is 5.10. The summed E-state index contributed by atoms with van der Waals surface area (Å²) in [5, 5.41) is 4.54. The highest BCUT2D eigenvalue weighted by Crippen LogP contribution is 2.30. The highest BCUT2D eigenvalue weighted by atomic mass is 16.5. The van der Waals surface area contributed by atoms with Crippen LogP contribution in [0.3, 0.4) is 0 Å². The number of aldehydes is 1. The van der Waals surface area contributed by atoms with Crippen molar-refractivity contribution in [2.45, 2.75) is 27.3 Å². The van der Waals surface area contributed by atoms with Crippen molar-refractivity contribution >= 4 is 6.29 Å². The van der Waals surface area contributed by atoms with Crippen LogP contribution in [0.2, 0.25) is 0 Å². The zero-order chi connectivity index (χ0) is 14.5. The van der Waals surface area contributed by atoms with E-state index in [1.165, 1.54) is 0 Å². The number of para-hydroxylation sites is 1. The monoisotopic (exact) mass is 272 g/mol. The van der Waals surface area contributed by atoms with Crippen LogP contribution in [0, 0.1) is 5.92 Å². The van der Waals surface area contributed by atoms with E-state index in [-0.39, 0.29) is 0 Å². The molecule has 0 saturated carbocycles. The van der Waals surface area contributed by atoms with Gasteiger partial charge in [-0.3, -0.25) is 9.48 Å². The van der Waals surface area contributed by atoms with Gasteiger partial charge in [0.2, 0.25) is 0 Å². The van der Waals surface area contributed by atoms with Crippen molar-refractivity contribution < 1.29 is 9.53 Å². The fourth-order valence-corrected chi connectivity index (χ4v) is 2.14. The van der Waals surface area contributed by atoms with Gasteiger partial charge in [0, 0.05) is 18.3 Å².